The van der Waals surface area contributed by atoms with E-state index in [1.165, 1.54) is 0 Å². The van der Waals surface area contributed by atoms with E-state index in [1.54, 1.807) is 20.8 Å². The van der Waals surface area contributed by atoms with Gasteiger partial charge in [0.05, 0.1) is 6.61 Å². The van der Waals surface area contributed by atoms with Gasteiger partial charge in [0, 0.05) is 6.42 Å². The van der Waals surface area contributed by atoms with Crippen LogP contribution in [0.15, 0.2) is 0 Å². The molecule has 1 fully saturated rings. The Kier molecular flexibility index (Phi) is 3.12. The van der Waals surface area contributed by atoms with Crippen molar-refractivity contribution in [1.29, 1.82) is 0 Å². The molecule has 5 nitrogen and oxygen atoms in total. The minimum Gasteiger partial charge on any atom is -0.460 e. The van der Waals surface area contributed by atoms with Gasteiger partial charge in [-0.2, -0.15) is 0 Å². The number of esters is 2. The minimum absolute atomic E-state index is 0.121. The Labute approximate surface area is 87.7 Å². The number of Topliss-reactive ketones (excluding diaryl/α,β-unsaturated/α-hetero) is 1. The first-order valence-corrected chi connectivity index (χ1v) is 4.81. The molecule has 15 heavy (non-hydrogen) atoms. The maximum absolute atomic E-state index is 11.5. The van der Waals surface area contributed by atoms with Crippen molar-refractivity contribution in [2.24, 2.45) is 5.92 Å². The smallest absolute Gasteiger partial charge is 0.375 e. The third-order valence-electron chi connectivity index (χ3n) is 2.15. The largest absolute Gasteiger partial charge is 0.460 e. The Bertz CT molecular complexity index is 305. The molecule has 1 unspecified atom stereocenters. The highest BCUT2D eigenvalue weighted by molar-refractivity contribution is 6.38. The van der Waals surface area contributed by atoms with Crippen molar-refractivity contribution in [3.05, 3.63) is 0 Å². The Hall–Kier alpha value is -1.39. The molecule has 1 atom stereocenters. The second kappa shape index (κ2) is 4.00. The van der Waals surface area contributed by atoms with Crippen LogP contribution in [0.4, 0.5) is 0 Å². The molecule has 0 radical (unpaired) electrons. The average Bonchev–Trinajstić information content (AvgIpc) is 2.39. The van der Waals surface area contributed by atoms with Crippen LogP contribution >= 0.6 is 0 Å². The molecule has 0 saturated carbocycles. The van der Waals surface area contributed by atoms with E-state index in [4.69, 9.17) is 4.74 Å². The van der Waals surface area contributed by atoms with Gasteiger partial charge in [-0.3, -0.25) is 9.59 Å². The van der Waals surface area contributed by atoms with Gasteiger partial charge in [-0.15, -0.1) is 0 Å². The Morgan fingerprint density at radius 3 is 2.53 bits per heavy atom. The topological polar surface area (TPSA) is 69.7 Å². The van der Waals surface area contributed by atoms with Gasteiger partial charge in [0.25, 0.3) is 5.78 Å². The molecule has 0 aliphatic carbocycles. The zero-order valence-corrected chi connectivity index (χ0v) is 9.03. The van der Waals surface area contributed by atoms with Gasteiger partial charge in [0.15, 0.2) is 0 Å². The minimum atomic E-state index is -1.00. The summed E-state index contributed by atoms with van der Waals surface area (Å²) in [4.78, 5) is 33.9. The molecular weight excluding hydrogens is 200 g/mol. The number of carbonyl (C=O) groups excluding carboxylic acids is 3. The third kappa shape index (κ3) is 2.55. The van der Waals surface area contributed by atoms with Gasteiger partial charge in [-0.25, -0.2) is 4.79 Å². The van der Waals surface area contributed by atoms with Gasteiger partial charge in [0.2, 0.25) is 0 Å². The molecule has 1 saturated heterocycles. The fourth-order valence-corrected chi connectivity index (χ4v) is 1.50. The molecule has 5 heteroatoms. The van der Waals surface area contributed by atoms with Crippen LogP contribution < -0.4 is 0 Å². The molecule has 0 aromatic heterocycles. The first-order chi connectivity index (χ1) is 6.87. The van der Waals surface area contributed by atoms with E-state index in [0.717, 1.165) is 0 Å². The van der Waals surface area contributed by atoms with Gasteiger partial charge in [0.1, 0.15) is 11.5 Å². The van der Waals surface area contributed by atoms with Crippen molar-refractivity contribution in [2.75, 3.05) is 6.61 Å². The van der Waals surface area contributed by atoms with Crippen molar-refractivity contribution in [2.45, 2.75) is 32.8 Å². The van der Waals surface area contributed by atoms with Gasteiger partial charge in [-0.05, 0) is 20.8 Å². The van der Waals surface area contributed by atoms with E-state index in [2.05, 4.69) is 4.74 Å². The number of carbonyl (C=O) groups is 3. The fourth-order valence-electron chi connectivity index (χ4n) is 1.50. The second-order valence-corrected chi connectivity index (χ2v) is 4.02. The van der Waals surface area contributed by atoms with E-state index < -0.39 is 29.2 Å². The lowest BCUT2D eigenvalue weighted by atomic mass is 9.94. The van der Waals surface area contributed by atoms with Crippen molar-refractivity contribution in [3.63, 3.8) is 0 Å². The number of ether oxygens (including phenoxy) is 2. The summed E-state index contributed by atoms with van der Waals surface area (Å²) in [5.74, 6) is -3.42. The number of hydrogen-bond acceptors (Lipinski definition) is 5. The molecule has 0 bridgehead atoms. The summed E-state index contributed by atoms with van der Waals surface area (Å²) in [6, 6.07) is 0. The predicted octanol–water partition coefficient (Wildman–Crippen LogP) is 0.460. The summed E-state index contributed by atoms with van der Waals surface area (Å²) in [5.41, 5.74) is -0.677. The quantitative estimate of drug-likeness (QED) is 0.388. The highest BCUT2D eigenvalue weighted by Gasteiger charge is 2.46. The second-order valence-electron chi connectivity index (χ2n) is 4.02. The standard InChI is InChI=1S/C10H14O5/c1-4-14-9(13)7(11)6-5-10(2,3)15-8(6)12/h6H,4-5H2,1-3H3. The third-order valence-corrected chi connectivity index (χ3v) is 2.15. The van der Waals surface area contributed by atoms with Crippen LogP contribution in [0.2, 0.25) is 0 Å². The predicted molar refractivity (Wildman–Crippen MR) is 49.9 cm³/mol. The zero-order chi connectivity index (χ0) is 11.6. The van der Waals surface area contributed by atoms with Crippen LogP contribution in [0, 0.1) is 5.92 Å². The van der Waals surface area contributed by atoms with E-state index >= 15 is 0 Å². The summed E-state index contributed by atoms with van der Waals surface area (Å²) in [5, 5.41) is 0. The molecule has 0 aromatic carbocycles. The summed E-state index contributed by atoms with van der Waals surface area (Å²) < 4.78 is 9.48. The molecule has 1 rings (SSSR count). The maximum Gasteiger partial charge on any atom is 0.375 e. The van der Waals surface area contributed by atoms with Crippen LogP contribution in [0.1, 0.15) is 27.2 Å². The fraction of sp³-hybridized carbons (Fsp3) is 0.700. The van der Waals surface area contributed by atoms with Gasteiger partial charge < -0.3 is 9.47 Å². The SMILES string of the molecule is CCOC(=O)C(=O)C1CC(C)(C)OC1=O. The zero-order valence-electron chi connectivity index (χ0n) is 9.03. The lowest BCUT2D eigenvalue weighted by Gasteiger charge is -2.14. The molecule has 1 aliphatic rings. The number of hydrogen-bond donors (Lipinski definition) is 0. The van der Waals surface area contributed by atoms with E-state index in [9.17, 15) is 14.4 Å². The van der Waals surface area contributed by atoms with Crippen molar-refractivity contribution in [1.82, 2.24) is 0 Å². The van der Waals surface area contributed by atoms with Crippen molar-refractivity contribution in [3.8, 4) is 0 Å². The van der Waals surface area contributed by atoms with E-state index in [0.29, 0.717) is 0 Å². The molecule has 0 spiro atoms. The molecular formula is C10H14O5. The highest BCUT2D eigenvalue weighted by atomic mass is 16.6. The monoisotopic (exact) mass is 214 g/mol. The van der Waals surface area contributed by atoms with Gasteiger partial charge in [-0.1, -0.05) is 0 Å². The van der Waals surface area contributed by atoms with Crippen LogP contribution in [-0.4, -0.2) is 29.9 Å². The molecule has 0 amide bonds. The summed E-state index contributed by atoms with van der Waals surface area (Å²) in [6.45, 7) is 5.12. The van der Waals surface area contributed by atoms with Crippen LogP contribution in [-0.2, 0) is 23.9 Å². The van der Waals surface area contributed by atoms with Gasteiger partial charge >= 0.3 is 11.9 Å². The van der Waals surface area contributed by atoms with Crippen LogP contribution in [0.5, 0.6) is 0 Å². The molecule has 0 N–H and O–H groups in total. The van der Waals surface area contributed by atoms with Crippen molar-refractivity contribution >= 4 is 17.7 Å². The Morgan fingerprint density at radius 1 is 1.53 bits per heavy atom. The maximum atomic E-state index is 11.5. The number of cyclic esters (lactones) is 1. The molecule has 0 aromatic rings. The summed E-state index contributed by atoms with van der Waals surface area (Å²) in [6.07, 6.45) is 0.226. The first kappa shape index (κ1) is 11.7. The lowest BCUT2D eigenvalue weighted by molar-refractivity contribution is -0.159. The number of rotatable bonds is 3. The average molecular weight is 214 g/mol. The lowest BCUT2D eigenvalue weighted by Crippen LogP contribution is -2.29. The molecule has 1 heterocycles. The van der Waals surface area contributed by atoms with Crippen LogP contribution in [0.3, 0.4) is 0 Å². The summed E-state index contributed by atoms with van der Waals surface area (Å²) in [7, 11) is 0. The Balaban J connectivity index is 2.70. The highest BCUT2D eigenvalue weighted by Crippen LogP contribution is 2.31. The van der Waals surface area contributed by atoms with Crippen LogP contribution in [0.25, 0.3) is 0 Å². The van der Waals surface area contributed by atoms with E-state index in [1.807, 2.05) is 0 Å². The molecule has 84 valence electrons. The molecule has 1 aliphatic heterocycles. The number of ketones is 1. The van der Waals surface area contributed by atoms with Crippen molar-refractivity contribution < 1.29 is 23.9 Å². The van der Waals surface area contributed by atoms with E-state index in [-0.39, 0.29) is 13.0 Å². The Morgan fingerprint density at radius 2 is 2.13 bits per heavy atom. The first-order valence-electron chi connectivity index (χ1n) is 4.81. The summed E-state index contributed by atoms with van der Waals surface area (Å²) >= 11 is 0. The normalized spacial score (nSPS) is 23.4.